The molecule has 1 amide bonds. The fraction of sp³-hybridized carbons (Fsp3) is 0.500. The highest BCUT2D eigenvalue weighted by atomic mass is 16.6. The molecule has 0 aliphatic heterocycles. The number of carbonyl (C=O) groups is 2. The van der Waals surface area contributed by atoms with Gasteiger partial charge in [-0.25, -0.2) is 4.79 Å². The van der Waals surface area contributed by atoms with Crippen molar-refractivity contribution in [1.82, 2.24) is 0 Å². The predicted octanol–water partition coefficient (Wildman–Crippen LogP) is -0.310. The third kappa shape index (κ3) is 4.97. The minimum Gasteiger partial charge on any atom is -0.433 e. The minimum atomic E-state index is -1.14. The Hall–Kier alpha value is -1.36. The molecule has 0 radical (unpaired) electrons. The molecule has 0 aliphatic carbocycles. The molecule has 0 aromatic rings. The first kappa shape index (κ1) is 11.6. The third-order valence-electron chi connectivity index (χ3n) is 1.27. The van der Waals surface area contributed by atoms with Crippen LogP contribution in [-0.4, -0.2) is 23.3 Å². The van der Waals surface area contributed by atoms with Crippen LogP contribution in [0.1, 0.15) is 20.3 Å². The van der Waals surface area contributed by atoms with Crippen molar-refractivity contribution >= 4 is 11.9 Å². The lowest BCUT2D eigenvalue weighted by Crippen LogP contribution is -2.18. The van der Waals surface area contributed by atoms with Crippen molar-refractivity contribution in [3.8, 4) is 0 Å². The van der Waals surface area contributed by atoms with Gasteiger partial charge in [0.2, 0.25) is 12.2 Å². The highest BCUT2D eigenvalue weighted by Gasteiger charge is 2.11. The molecule has 5 nitrogen and oxygen atoms in total. The molecule has 0 aliphatic rings. The number of amides is 1. The molecular weight excluding hydrogens is 174 g/mol. The van der Waals surface area contributed by atoms with Crippen LogP contribution in [0.2, 0.25) is 0 Å². The van der Waals surface area contributed by atoms with Gasteiger partial charge >= 0.3 is 5.97 Å². The Labute approximate surface area is 76.2 Å². The van der Waals surface area contributed by atoms with Crippen LogP contribution in [0.25, 0.3) is 0 Å². The molecule has 0 saturated carbocycles. The lowest BCUT2D eigenvalue weighted by molar-refractivity contribution is -0.163. The lowest BCUT2D eigenvalue weighted by Gasteiger charge is -2.08. The molecule has 0 spiro atoms. The number of aliphatic hydroxyl groups is 1. The topological polar surface area (TPSA) is 89.6 Å². The van der Waals surface area contributed by atoms with E-state index in [1.54, 1.807) is 6.92 Å². The summed E-state index contributed by atoms with van der Waals surface area (Å²) >= 11 is 0. The number of primary amides is 1. The van der Waals surface area contributed by atoms with Gasteiger partial charge in [-0.3, -0.25) is 4.79 Å². The quantitative estimate of drug-likeness (QED) is 0.359. The Bertz CT molecular complexity index is 234. The highest BCUT2D eigenvalue weighted by Crippen LogP contribution is 2.00. The van der Waals surface area contributed by atoms with Crippen molar-refractivity contribution in [2.24, 2.45) is 5.73 Å². The van der Waals surface area contributed by atoms with Crippen LogP contribution in [0.5, 0.6) is 0 Å². The number of esters is 1. The van der Waals surface area contributed by atoms with Crippen molar-refractivity contribution in [3.05, 3.63) is 11.6 Å². The third-order valence-corrected chi connectivity index (χ3v) is 1.27. The highest BCUT2D eigenvalue weighted by molar-refractivity contribution is 5.97. The average Bonchev–Trinajstić information content (AvgIpc) is 2.02. The van der Waals surface area contributed by atoms with Crippen molar-refractivity contribution in [1.29, 1.82) is 0 Å². The summed E-state index contributed by atoms with van der Waals surface area (Å²) in [6, 6.07) is 0. The summed E-state index contributed by atoms with van der Waals surface area (Å²) in [4.78, 5) is 21.3. The number of hydrogen-bond donors (Lipinski definition) is 2. The average molecular weight is 187 g/mol. The van der Waals surface area contributed by atoms with Crippen molar-refractivity contribution in [2.45, 2.75) is 26.6 Å². The Morgan fingerprint density at radius 2 is 2.15 bits per heavy atom. The van der Waals surface area contributed by atoms with Crippen molar-refractivity contribution in [2.75, 3.05) is 0 Å². The van der Waals surface area contributed by atoms with E-state index in [9.17, 15) is 9.59 Å². The molecule has 0 fully saturated rings. The molecule has 5 heteroatoms. The smallest absolute Gasteiger partial charge is 0.336 e. The number of carbonyl (C=O) groups excluding carboxylic acids is 2. The Balaban J connectivity index is 4.19. The minimum absolute atomic E-state index is 0.0694. The summed E-state index contributed by atoms with van der Waals surface area (Å²) in [6.45, 7) is 3.04. The van der Waals surface area contributed by atoms with Crippen LogP contribution in [0, 0.1) is 0 Å². The molecule has 74 valence electrons. The van der Waals surface area contributed by atoms with Crippen LogP contribution < -0.4 is 5.73 Å². The van der Waals surface area contributed by atoms with Gasteiger partial charge in [-0.05, 0) is 6.92 Å². The Kier molecular flexibility index (Phi) is 4.76. The van der Waals surface area contributed by atoms with E-state index in [0.29, 0.717) is 6.42 Å². The second-order valence-corrected chi connectivity index (χ2v) is 2.50. The Morgan fingerprint density at radius 3 is 2.54 bits per heavy atom. The normalized spacial score (nSPS) is 13.6. The lowest BCUT2D eigenvalue weighted by atomic mass is 10.3. The van der Waals surface area contributed by atoms with Crippen molar-refractivity contribution < 1.29 is 19.4 Å². The van der Waals surface area contributed by atoms with E-state index in [2.05, 4.69) is 4.74 Å². The molecule has 1 atom stereocenters. The molecule has 0 aromatic heterocycles. The summed E-state index contributed by atoms with van der Waals surface area (Å²) in [6.07, 6.45) is 0.115. The second kappa shape index (κ2) is 5.31. The maximum Gasteiger partial charge on any atom is 0.336 e. The van der Waals surface area contributed by atoms with Crippen LogP contribution in [0.15, 0.2) is 11.6 Å². The number of nitrogens with two attached hydrogens (primary N) is 1. The zero-order valence-electron chi connectivity index (χ0n) is 7.61. The summed E-state index contributed by atoms with van der Waals surface area (Å²) in [5.74, 6) is -1.46. The Morgan fingerprint density at radius 1 is 1.62 bits per heavy atom. The largest absolute Gasteiger partial charge is 0.433 e. The van der Waals surface area contributed by atoms with E-state index in [-0.39, 0.29) is 5.57 Å². The summed E-state index contributed by atoms with van der Waals surface area (Å²) < 4.78 is 4.50. The molecule has 3 N–H and O–H groups in total. The molecule has 0 heterocycles. The maximum absolute atomic E-state index is 11.0. The van der Waals surface area contributed by atoms with Crippen LogP contribution >= 0.6 is 0 Å². The number of rotatable bonds is 4. The summed E-state index contributed by atoms with van der Waals surface area (Å²) in [5.41, 5.74) is 4.88. The van der Waals surface area contributed by atoms with Crippen molar-refractivity contribution in [3.63, 3.8) is 0 Å². The standard InChI is InChI=1S/C8H13NO4/c1-3-7(11)13-8(12)5(2)4-6(9)10/h4,7,11H,3H2,1-2H3,(H2,9,10)/b5-4+. The maximum atomic E-state index is 11.0. The molecule has 0 rings (SSSR count). The second-order valence-electron chi connectivity index (χ2n) is 2.50. The van der Waals surface area contributed by atoms with Gasteiger partial charge in [0.05, 0.1) is 0 Å². The summed E-state index contributed by atoms with van der Waals surface area (Å²) in [7, 11) is 0. The van der Waals surface area contributed by atoms with E-state index >= 15 is 0 Å². The molecular formula is C8H13NO4. The van der Waals surface area contributed by atoms with Gasteiger partial charge in [-0.2, -0.15) is 0 Å². The van der Waals surface area contributed by atoms with Gasteiger partial charge in [-0.1, -0.05) is 6.92 Å². The number of aliphatic hydroxyl groups excluding tert-OH is 1. The first-order valence-corrected chi connectivity index (χ1v) is 3.84. The van der Waals surface area contributed by atoms with Crippen LogP contribution in [0.3, 0.4) is 0 Å². The molecule has 0 saturated heterocycles. The molecule has 1 unspecified atom stereocenters. The fourth-order valence-corrected chi connectivity index (χ4v) is 0.572. The van der Waals surface area contributed by atoms with E-state index in [1.165, 1.54) is 6.92 Å². The molecule has 0 aromatic carbocycles. The van der Waals surface area contributed by atoms with Gasteiger partial charge in [0.25, 0.3) is 0 Å². The van der Waals surface area contributed by atoms with E-state index in [0.717, 1.165) is 6.08 Å². The SMILES string of the molecule is CCC(O)OC(=O)/C(C)=C/C(N)=O. The van der Waals surface area contributed by atoms with E-state index < -0.39 is 18.2 Å². The first-order valence-electron chi connectivity index (χ1n) is 3.84. The zero-order valence-corrected chi connectivity index (χ0v) is 7.61. The first-order chi connectivity index (χ1) is 5.97. The number of ether oxygens (including phenoxy) is 1. The predicted molar refractivity (Wildman–Crippen MR) is 45.3 cm³/mol. The van der Waals surface area contributed by atoms with Gasteiger partial charge in [0.1, 0.15) is 0 Å². The van der Waals surface area contributed by atoms with Gasteiger partial charge in [0, 0.05) is 18.1 Å². The monoisotopic (exact) mass is 187 g/mol. The van der Waals surface area contributed by atoms with Gasteiger partial charge in [-0.15, -0.1) is 0 Å². The van der Waals surface area contributed by atoms with E-state index in [1.807, 2.05) is 0 Å². The zero-order chi connectivity index (χ0) is 10.4. The van der Waals surface area contributed by atoms with Crippen LogP contribution in [-0.2, 0) is 14.3 Å². The van der Waals surface area contributed by atoms with Gasteiger partial charge < -0.3 is 15.6 Å². The summed E-state index contributed by atoms with van der Waals surface area (Å²) in [5, 5.41) is 8.92. The van der Waals surface area contributed by atoms with Gasteiger partial charge in [0.15, 0.2) is 0 Å². The van der Waals surface area contributed by atoms with Crippen LogP contribution in [0.4, 0.5) is 0 Å². The van der Waals surface area contributed by atoms with E-state index in [4.69, 9.17) is 10.8 Å². The number of hydrogen-bond acceptors (Lipinski definition) is 4. The molecule has 0 bridgehead atoms. The molecule has 13 heavy (non-hydrogen) atoms. The fourth-order valence-electron chi connectivity index (χ4n) is 0.572.